The standard InChI is InChI=1S/C63H50N7O.C18H17N2.Ir/c1-6-42(33-39(3)43-20-22-44(23-21-43)63-67-29-30-68(63)61-40(4)31-38(2)32-41(61)5)45-13-9-14-48(34-45)69-52-25-24-46(35-51(52)58-53(69)16-10-26-64-58)47-36-50-49-15-7-8-19-57(49)71-62(50)56(37-47)70-54-17-11-27-65-59(54)60-55(70)18-12-28-66-60;1-13-11-14(2)17(15(3)12-13)20-10-9-19-18(20)16-7-5-4-6-8-16;/h7-22,24-32,34-37,39,42H,6,33H2,1-5H3;4-7,9-12H,1-3H3;/q2*-1;. The molecule has 8 aromatic carbocycles. The second-order valence-electron chi connectivity index (χ2n) is 24.4. The molecule has 0 fully saturated rings. The van der Waals surface area contributed by atoms with Crippen molar-refractivity contribution in [2.24, 2.45) is 0 Å². The fourth-order valence-electron chi connectivity index (χ4n) is 14.2. The minimum Gasteiger partial charge on any atom is -0.454 e. The normalized spacial score (nSPS) is 12.3. The van der Waals surface area contributed by atoms with E-state index in [9.17, 15) is 0 Å². The number of hydrogen-bond donors (Lipinski definition) is 0. The van der Waals surface area contributed by atoms with Gasteiger partial charge in [-0.05, 0) is 178 Å². The van der Waals surface area contributed by atoms with Crippen molar-refractivity contribution in [2.75, 3.05) is 0 Å². The van der Waals surface area contributed by atoms with Gasteiger partial charge in [0.25, 0.3) is 0 Å². The smallest absolute Gasteiger partial charge is 0.159 e. The van der Waals surface area contributed by atoms with Crippen LogP contribution >= 0.6 is 0 Å². The fraction of sp³-hybridized carbons (Fsp3) is 0.148. The van der Waals surface area contributed by atoms with E-state index in [0.29, 0.717) is 11.8 Å². The number of fused-ring (bicyclic) bond motifs is 9. The Balaban J connectivity index is 0.000000298. The van der Waals surface area contributed by atoms with E-state index in [-0.39, 0.29) is 20.1 Å². The van der Waals surface area contributed by atoms with E-state index in [1.165, 1.54) is 55.9 Å². The SMILES string of the molecule is CCC(CC(C)c1c[c-]c(-c2nccn2-c2c(C)cc(C)cc2C)cc1)c1cccc(-n2c3ccc(-c4cc(-n5c6cccnc6c6ncccc65)c5oc6ccccc6c5c4)cc3c3ncccc32)c1.Cc1cc(C)c(-n2ccnc2-c2[c-]cccc2)c(C)c1.[Ir]. The van der Waals surface area contributed by atoms with Gasteiger partial charge in [0.2, 0.25) is 0 Å². The molecule has 2 atom stereocenters. The number of aryl methyl sites for hydroxylation is 6. The van der Waals surface area contributed by atoms with Crippen LogP contribution < -0.4 is 0 Å². The van der Waals surface area contributed by atoms with Crippen molar-refractivity contribution in [3.05, 3.63) is 282 Å². The molecular formula is C81H67IrN9O-2. The maximum Gasteiger partial charge on any atom is 0.159 e. The van der Waals surface area contributed by atoms with Crippen LogP contribution in [0.2, 0.25) is 0 Å². The summed E-state index contributed by atoms with van der Waals surface area (Å²) >= 11 is 0. The zero-order chi connectivity index (χ0) is 62.0. The average molecular weight is 1370 g/mol. The molecule has 10 nitrogen and oxygen atoms in total. The van der Waals surface area contributed by atoms with Crippen LogP contribution in [0.4, 0.5) is 0 Å². The van der Waals surface area contributed by atoms with Gasteiger partial charge in [-0.2, -0.15) is 0 Å². The molecule has 0 aliphatic rings. The van der Waals surface area contributed by atoms with Gasteiger partial charge in [0, 0.05) is 96.7 Å². The van der Waals surface area contributed by atoms with Crippen molar-refractivity contribution < 1.29 is 24.5 Å². The number of imidazole rings is 2. The van der Waals surface area contributed by atoms with Gasteiger partial charge in [-0.15, -0.1) is 71.3 Å². The minimum atomic E-state index is 0. The van der Waals surface area contributed by atoms with Crippen LogP contribution in [0.25, 0.3) is 123 Å². The van der Waals surface area contributed by atoms with Gasteiger partial charge >= 0.3 is 0 Å². The van der Waals surface area contributed by atoms with Crippen LogP contribution in [-0.4, -0.2) is 43.2 Å². The summed E-state index contributed by atoms with van der Waals surface area (Å²) in [4.78, 5) is 23.9. The Hall–Kier alpha value is -10.3. The Morgan fingerprint density at radius 2 is 1.07 bits per heavy atom. The molecule has 0 saturated heterocycles. The monoisotopic (exact) mass is 1370 g/mol. The maximum absolute atomic E-state index is 6.72. The Bertz CT molecular complexity index is 5330. The van der Waals surface area contributed by atoms with Crippen LogP contribution in [0.3, 0.4) is 0 Å². The van der Waals surface area contributed by atoms with Crippen LogP contribution in [0.1, 0.15) is 83.0 Å². The Morgan fingerprint density at radius 1 is 0.467 bits per heavy atom. The third-order valence-electron chi connectivity index (χ3n) is 18.2. The Morgan fingerprint density at radius 3 is 1.67 bits per heavy atom. The van der Waals surface area contributed by atoms with Crippen LogP contribution in [-0.2, 0) is 20.1 Å². The molecule has 1 radical (unpaired) electrons. The summed E-state index contributed by atoms with van der Waals surface area (Å²) in [6, 6.07) is 71.5. The summed E-state index contributed by atoms with van der Waals surface area (Å²) in [6.07, 6.45) is 15.4. The molecule has 0 spiro atoms. The molecule has 0 N–H and O–H groups in total. The first-order chi connectivity index (χ1) is 44.5. The number of furan rings is 1. The van der Waals surface area contributed by atoms with Crippen molar-refractivity contribution in [1.29, 1.82) is 0 Å². The number of rotatable bonds is 12. The molecule has 92 heavy (non-hydrogen) atoms. The van der Waals surface area contributed by atoms with Crippen LogP contribution in [0, 0.1) is 53.7 Å². The van der Waals surface area contributed by atoms with E-state index in [4.69, 9.17) is 24.4 Å². The second kappa shape index (κ2) is 24.5. The predicted molar refractivity (Wildman–Crippen MR) is 371 cm³/mol. The average Bonchev–Trinajstić information content (AvgIpc) is 1.59. The molecule has 0 amide bonds. The van der Waals surface area contributed by atoms with Crippen LogP contribution in [0.15, 0.2) is 230 Å². The molecule has 8 heterocycles. The molecule has 0 aliphatic carbocycles. The summed E-state index contributed by atoms with van der Waals surface area (Å²) in [5.74, 6) is 2.52. The topological polar surface area (TPSA) is 97.3 Å². The summed E-state index contributed by atoms with van der Waals surface area (Å²) in [5.41, 5.74) is 27.3. The van der Waals surface area contributed by atoms with E-state index in [1.54, 1.807) is 0 Å². The molecule has 16 rings (SSSR count). The number of benzene rings is 8. The van der Waals surface area contributed by atoms with Gasteiger partial charge in [0.1, 0.15) is 16.6 Å². The molecule has 0 saturated carbocycles. The summed E-state index contributed by atoms with van der Waals surface area (Å²) < 4.78 is 15.7. The van der Waals surface area contributed by atoms with Gasteiger partial charge in [-0.1, -0.05) is 91.6 Å². The molecule has 0 bridgehead atoms. The van der Waals surface area contributed by atoms with Crippen molar-refractivity contribution in [1.82, 2.24) is 43.2 Å². The largest absolute Gasteiger partial charge is 0.454 e. The third kappa shape index (κ3) is 10.5. The first kappa shape index (κ1) is 59.3. The molecular weight excluding hydrogens is 1310 g/mol. The quantitative estimate of drug-likeness (QED) is 0.113. The molecule has 16 aromatic rings. The number of para-hydroxylation sites is 1. The van der Waals surface area contributed by atoms with Crippen LogP contribution in [0.5, 0.6) is 0 Å². The van der Waals surface area contributed by atoms with E-state index in [1.807, 2.05) is 91.8 Å². The molecule has 0 aliphatic heterocycles. The van der Waals surface area contributed by atoms with E-state index >= 15 is 0 Å². The fourth-order valence-corrected chi connectivity index (χ4v) is 14.2. The summed E-state index contributed by atoms with van der Waals surface area (Å²) in [7, 11) is 0. The molecule has 8 aromatic heterocycles. The number of pyridine rings is 3. The first-order valence-electron chi connectivity index (χ1n) is 31.4. The Kier molecular flexibility index (Phi) is 15.8. The molecule has 2 unspecified atom stereocenters. The van der Waals surface area contributed by atoms with Crippen molar-refractivity contribution in [2.45, 2.75) is 80.1 Å². The number of nitrogens with zero attached hydrogens (tertiary/aromatic N) is 9. The second-order valence-corrected chi connectivity index (χ2v) is 24.4. The van der Waals surface area contributed by atoms with Gasteiger partial charge in [-0.3, -0.25) is 24.9 Å². The van der Waals surface area contributed by atoms with Gasteiger partial charge in [0.05, 0.1) is 44.9 Å². The van der Waals surface area contributed by atoms with E-state index in [2.05, 4.69) is 224 Å². The minimum absolute atomic E-state index is 0. The Labute approximate surface area is 548 Å². The number of aromatic nitrogens is 9. The predicted octanol–water partition coefficient (Wildman–Crippen LogP) is 20.2. The van der Waals surface area contributed by atoms with Gasteiger partial charge in [0.15, 0.2) is 5.58 Å². The van der Waals surface area contributed by atoms with E-state index in [0.717, 1.165) is 124 Å². The zero-order valence-corrected chi connectivity index (χ0v) is 55.1. The van der Waals surface area contributed by atoms with Crippen molar-refractivity contribution in [3.63, 3.8) is 0 Å². The molecule has 11 heteroatoms. The van der Waals surface area contributed by atoms with Crippen molar-refractivity contribution >= 4 is 65.9 Å². The molecule has 453 valence electrons. The zero-order valence-electron chi connectivity index (χ0n) is 52.7. The van der Waals surface area contributed by atoms with Gasteiger partial charge < -0.3 is 22.7 Å². The maximum atomic E-state index is 6.72. The number of hydrogen-bond acceptors (Lipinski definition) is 6. The van der Waals surface area contributed by atoms with Gasteiger partial charge in [-0.25, -0.2) is 0 Å². The van der Waals surface area contributed by atoms with E-state index < -0.39 is 0 Å². The third-order valence-corrected chi connectivity index (χ3v) is 18.2. The van der Waals surface area contributed by atoms with Crippen molar-refractivity contribution in [3.8, 4) is 56.7 Å². The summed E-state index contributed by atoms with van der Waals surface area (Å²) in [6.45, 7) is 17.6. The summed E-state index contributed by atoms with van der Waals surface area (Å²) in [5, 5.41) is 3.22. The first-order valence-corrected chi connectivity index (χ1v) is 31.4.